The third kappa shape index (κ3) is 24.4. The molecule has 4 aromatic carbocycles. The van der Waals surface area contributed by atoms with E-state index in [1.54, 1.807) is 68.7 Å². The van der Waals surface area contributed by atoms with E-state index in [2.05, 4.69) is 36.6 Å². The monoisotopic (exact) mass is 1330 g/mol. The number of anilines is 1. The SMILES string of the molecule is CN[C@H](C(=O)N[C@H](C(=O)N(C)[C@H](/C=C(\C)C(=O)NS(=O)(=O)c1ccc(NC(=O)[C@H](CCCCN)NC(=O)[C@H](Cc2ccccc2)NC(=O)[C@@H](Cc2ccccc2)NC(=O)CCOCCOCCOCCN2C(=O)C=CC2=O)cc1)C(C)C)C(C)(C)C)C(C)(C)c1ccccc1. The van der Waals surface area contributed by atoms with Crippen molar-refractivity contribution in [3.8, 4) is 0 Å². The Morgan fingerprint density at radius 2 is 1.13 bits per heavy atom. The third-order valence-electron chi connectivity index (χ3n) is 16.1. The average Bonchev–Trinajstić information content (AvgIpc) is 1.32. The molecular weight excluding hydrogens is 1240 g/mol. The van der Waals surface area contributed by atoms with Gasteiger partial charge in [0.15, 0.2) is 0 Å². The smallest absolute Gasteiger partial charge is 0.264 e. The molecule has 6 atom stereocenters. The molecule has 95 heavy (non-hydrogen) atoms. The van der Waals surface area contributed by atoms with Crippen molar-refractivity contribution in [3.05, 3.63) is 156 Å². The number of carbonyl (C=O) groups excluding carboxylic acids is 9. The van der Waals surface area contributed by atoms with Crippen LogP contribution in [0.4, 0.5) is 5.69 Å². The molecule has 9 N–H and O–H groups in total. The van der Waals surface area contributed by atoms with Crippen LogP contribution >= 0.6 is 0 Å². The van der Waals surface area contributed by atoms with Crippen LogP contribution in [0.2, 0.25) is 0 Å². The fourth-order valence-corrected chi connectivity index (χ4v) is 11.6. The molecule has 0 aromatic heterocycles. The van der Waals surface area contributed by atoms with Crippen molar-refractivity contribution in [2.75, 3.05) is 72.1 Å². The zero-order valence-electron chi connectivity index (χ0n) is 56.2. The number of nitrogens with zero attached hydrogens (tertiary/aromatic N) is 2. The van der Waals surface area contributed by atoms with E-state index in [1.165, 1.54) is 54.3 Å². The molecule has 0 bridgehead atoms. The Bertz CT molecular complexity index is 3360. The predicted octanol–water partition coefficient (Wildman–Crippen LogP) is 4.39. The van der Waals surface area contributed by atoms with Gasteiger partial charge >= 0.3 is 0 Å². The van der Waals surface area contributed by atoms with Gasteiger partial charge in [-0.1, -0.05) is 146 Å². The molecule has 0 aliphatic carbocycles. The molecule has 5 rings (SSSR count). The largest absolute Gasteiger partial charge is 0.379 e. The van der Waals surface area contributed by atoms with Crippen molar-refractivity contribution in [2.45, 2.75) is 140 Å². The molecule has 1 aliphatic heterocycles. The summed E-state index contributed by atoms with van der Waals surface area (Å²) in [6.45, 7) is 16.0. The first-order chi connectivity index (χ1) is 45.1. The quantitative estimate of drug-likeness (QED) is 0.0174. The summed E-state index contributed by atoms with van der Waals surface area (Å²) in [5, 5.41) is 17.4. The number of ether oxygens (including phenoxy) is 3. The summed E-state index contributed by atoms with van der Waals surface area (Å²) < 4.78 is 46.2. The Morgan fingerprint density at radius 3 is 1.64 bits per heavy atom. The van der Waals surface area contributed by atoms with Gasteiger partial charge in [-0.15, -0.1) is 0 Å². The molecule has 0 spiro atoms. The Morgan fingerprint density at radius 1 is 0.621 bits per heavy atom. The number of carbonyl (C=O) groups is 9. The van der Waals surface area contributed by atoms with Crippen LogP contribution in [-0.4, -0.2) is 174 Å². The summed E-state index contributed by atoms with van der Waals surface area (Å²) in [6, 6.07) is 26.6. The van der Waals surface area contributed by atoms with E-state index < -0.39 is 92.5 Å². The molecule has 4 aromatic rings. The molecule has 9 amide bonds. The van der Waals surface area contributed by atoms with Crippen LogP contribution in [0, 0.1) is 11.3 Å². The van der Waals surface area contributed by atoms with Gasteiger partial charge in [0.05, 0.1) is 63.2 Å². The van der Waals surface area contributed by atoms with Crippen molar-refractivity contribution in [1.29, 1.82) is 0 Å². The van der Waals surface area contributed by atoms with Gasteiger partial charge in [-0.3, -0.25) is 48.1 Å². The number of hydrogen-bond acceptors (Lipinski definition) is 16. The van der Waals surface area contributed by atoms with Gasteiger partial charge in [-0.2, -0.15) is 0 Å². The molecule has 1 heterocycles. The Kier molecular flexibility index (Phi) is 30.6. The van der Waals surface area contributed by atoms with Gasteiger partial charge in [-0.25, -0.2) is 13.1 Å². The minimum Gasteiger partial charge on any atom is -0.379 e. The van der Waals surface area contributed by atoms with E-state index in [4.69, 9.17) is 19.9 Å². The summed E-state index contributed by atoms with van der Waals surface area (Å²) in [4.78, 5) is 124. The number of amides is 9. The highest BCUT2D eigenvalue weighted by Crippen LogP contribution is 2.29. The normalized spacial score (nSPS) is 14.7. The van der Waals surface area contributed by atoms with E-state index in [9.17, 15) is 51.6 Å². The first-order valence-electron chi connectivity index (χ1n) is 32.0. The van der Waals surface area contributed by atoms with Crippen molar-refractivity contribution < 1.29 is 65.8 Å². The number of likely N-dealkylation sites (N-methyl/N-ethyl adjacent to an activating group) is 2. The topological polar surface area (TPSA) is 332 Å². The van der Waals surface area contributed by atoms with E-state index in [0.29, 0.717) is 24.9 Å². The lowest BCUT2D eigenvalue weighted by molar-refractivity contribution is -0.141. The molecule has 0 unspecified atom stereocenters. The maximum absolute atomic E-state index is 14.5. The minimum absolute atomic E-state index is 0.00183. The number of imide groups is 1. The zero-order valence-corrected chi connectivity index (χ0v) is 57.1. The molecule has 0 saturated heterocycles. The summed E-state index contributed by atoms with van der Waals surface area (Å²) in [5.74, 6) is -5.29. The highest BCUT2D eigenvalue weighted by atomic mass is 32.2. The number of rotatable bonds is 39. The number of sulfonamides is 1. The number of nitrogens with two attached hydrogens (primary N) is 1. The highest BCUT2D eigenvalue weighted by Gasteiger charge is 2.42. The maximum atomic E-state index is 14.5. The number of benzene rings is 4. The second-order valence-electron chi connectivity index (χ2n) is 25.3. The molecule has 1 aliphatic rings. The number of nitrogens with one attached hydrogen (secondary N) is 7. The molecule has 24 nitrogen and oxygen atoms in total. The maximum Gasteiger partial charge on any atom is 0.264 e. The second kappa shape index (κ2) is 37.6. The van der Waals surface area contributed by atoms with Gasteiger partial charge < -0.3 is 56.7 Å². The van der Waals surface area contributed by atoms with Gasteiger partial charge in [-0.05, 0) is 92.1 Å². The second-order valence-corrected chi connectivity index (χ2v) is 26.9. The Hall–Kier alpha value is -8.46. The lowest BCUT2D eigenvalue weighted by Crippen LogP contribution is -2.61. The number of unbranched alkanes of at least 4 members (excludes halogenated alkanes) is 1. The molecular formula is C70H96N10O14S. The molecule has 25 heteroatoms. The zero-order chi connectivity index (χ0) is 69.9. The van der Waals surface area contributed by atoms with Gasteiger partial charge in [0.25, 0.3) is 27.7 Å². The van der Waals surface area contributed by atoms with Crippen molar-refractivity contribution >= 4 is 68.9 Å². The van der Waals surface area contributed by atoms with E-state index in [1.807, 2.05) is 84.9 Å². The van der Waals surface area contributed by atoms with E-state index in [0.717, 1.165) is 16.0 Å². The first kappa shape index (κ1) is 77.2. The van der Waals surface area contributed by atoms with Crippen molar-refractivity contribution in [3.63, 3.8) is 0 Å². The van der Waals surface area contributed by atoms with Crippen LogP contribution < -0.4 is 42.4 Å². The fraction of sp³-hybridized carbons (Fsp3) is 0.471. The Balaban J connectivity index is 1.22. The molecule has 0 radical (unpaired) electrons. The van der Waals surface area contributed by atoms with Gasteiger partial charge in [0.2, 0.25) is 35.4 Å². The highest BCUT2D eigenvalue weighted by molar-refractivity contribution is 7.90. The molecule has 0 saturated carbocycles. The lowest BCUT2D eigenvalue weighted by Gasteiger charge is -2.40. The first-order valence-corrected chi connectivity index (χ1v) is 33.5. The number of hydrogen-bond donors (Lipinski definition) is 8. The fourth-order valence-electron chi connectivity index (χ4n) is 10.6. The summed E-state index contributed by atoms with van der Waals surface area (Å²) >= 11 is 0. The molecule has 0 fully saturated rings. The van der Waals surface area contributed by atoms with Crippen LogP contribution in [-0.2, 0) is 85.6 Å². The summed E-state index contributed by atoms with van der Waals surface area (Å²) in [6.07, 6.45) is 4.96. The third-order valence-corrected chi connectivity index (χ3v) is 17.5. The van der Waals surface area contributed by atoms with Gasteiger partial charge in [0, 0.05) is 55.1 Å². The van der Waals surface area contributed by atoms with Crippen LogP contribution in [0.25, 0.3) is 0 Å². The molecule has 516 valence electrons. The van der Waals surface area contributed by atoms with Crippen LogP contribution in [0.1, 0.15) is 97.8 Å². The summed E-state index contributed by atoms with van der Waals surface area (Å²) in [7, 11) is -1.25. The lowest BCUT2D eigenvalue weighted by atomic mass is 9.76. The average molecular weight is 1330 g/mol. The van der Waals surface area contributed by atoms with Crippen LogP contribution in [0.5, 0.6) is 0 Å². The van der Waals surface area contributed by atoms with Crippen molar-refractivity contribution in [1.82, 2.24) is 41.1 Å². The predicted molar refractivity (Wildman–Crippen MR) is 361 cm³/mol. The van der Waals surface area contributed by atoms with E-state index >= 15 is 0 Å². The minimum atomic E-state index is -4.51. The summed E-state index contributed by atoms with van der Waals surface area (Å²) in [5.41, 5.74) is 6.91. The Labute approximate surface area is 558 Å². The van der Waals surface area contributed by atoms with Crippen molar-refractivity contribution in [2.24, 2.45) is 17.1 Å². The van der Waals surface area contributed by atoms with Crippen LogP contribution in [0.15, 0.2) is 144 Å². The standard InChI is InChI=1S/C70H96N10O14S/c1-47(2)57(79(10)68(89)62(69(4,5)6)77-67(88)61(72-9)70(7,8)51-26-18-13-19-27-51)44-48(3)63(84)78-95(90,91)53-31-29-52(30-32-53)73-64(85)54(28-20-21-36-71)75-66(87)56(46-50-24-16-12-17-25-50)76-65(86)55(45-49-22-14-11-15-23-49)74-58(81)35-38-92-40-42-94-43-41-93-39-37-80-59(82)33-34-60(80)83/h11-19,22-27,29-34,44,47,54-57,61-62,72H,20-21,28,35-43,45-46,71H2,1-10H3,(H,73,85)(H,74,81)(H,75,87)(H,76,86)(H,77,88)(H,78,84)/b48-44+/t54-,55+,56-,57+,61+,62+/m0/s1. The van der Waals surface area contributed by atoms with Gasteiger partial charge in [0.1, 0.15) is 24.2 Å². The van der Waals surface area contributed by atoms with Crippen LogP contribution in [0.3, 0.4) is 0 Å². The van der Waals surface area contributed by atoms with E-state index in [-0.39, 0.29) is 112 Å².